The maximum atomic E-state index is 11.4. The van der Waals surface area contributed by atoms with E-state index in [0.717, 1.165) is 40.7 Å². The number of aryl methyl sites for hydroxylation is 1. The van der Waals surface area contributed by atoms with Gasteiger partial charge in [0.05, 0.1) is 11.0 Å². The lowest BCUT2D eigenvalue weighted by Crippen LogP contribution is -2.23. The summed E-state index contributed by atoms with van der Waals surface area (Å²) < 4.78 is 3.36. The first kappa shape index (κ1) is 17.7. The van der Waals surface area contributed by atoms with Crippen LogP contribution < -0.4 is 5.32 Å². The Hall–Kier alpha value is -2.14. The highest BCUT2D eigenvalue weighted by Crippen LogP contribution is 2.20. The highest BCUT2D eigenvalue weighted by molar-refractivity contribution is 9.10. The first-order valence-corrected chi connectivity index (χ1v) is 9.42. The molecule has 4 nitrogen and oxygen atoms in total. The van der Waals surface area contributed by atoms with Crippen LogP contribution in [0, 0.1) is 0 Å². The molecule has 5 heteroatoms. The van der Waals surface area contributed by atoms with Gasteiger partial charge in [-0.2, -0.15) is 0 Å². The molecule has 0 fully saturated rings. The molecule has 0 unspecified atom stereocenters. The van der Waals surface area contributed by atoms with Gasteiger partial charge in [-0.15, -0.1) is 0 Å². The van der Waals surface area contributed by atoms with E-state index in [9.17, 15) is 4.79 Å². The lowest BCUT2D eigenvalue weighted by Gasteiger charge is -2.10. The van der Waals surface area contributed by atoms with E-state index >= 15 is 0 Å². The zero-order valence-electron chi connectivity index (χ0n) is 14.3. The molecule has 2 aromatic carbocycles. The zero-order chi connectivity index (χ0) is 17.6. The molecule has 0 aliphatic carbocycles. The van der Waals surface area contributed by atoms with E-state index in [4.69, 9.17) is 4.98 Å². The summed E-state index contributed by atoms with van der Waals surface area (Å²) in [6.07, 6.45) is 2.26. The van der Waals surface area contributed by atoms with Crippen LogP contribution in [0.5, 0.6) is 0 Å². The summed E-state index contributed by atoms with van der Waals surface area (Å²) >= 11 is 3.48. The second-order valence-electron chi connectivity index (χ2n) is 6.04. The van der Waals surface area contributed by atoms with Gasteiger partial charge >= 0.3 is 0 Å². The van der Waals surface area contributed by atoms with Crippen LogP contribution in [0.4, 0.5) is 0 Å². The minimum Gasteiger partial charge on any atom is -0.356 e. The fraction of sp³-hybridized carbons (Fsp3) is 0.300. The van der Waals surface area contributed by atoms with Crippen LogP contribution in [-0.2, 0) is 17.8 Å². The Kier molecular flexibility index (Phi) is 5.87. The second-order valence-corrected chi connectivity index (χ2v) is 6.95. The van der Waals surface area contributed by atoms with E-state index in [1.54, 1.807) is 0 Å². The average molecular weight is 400 g/mol. The van der Waals surface area contributed by atoms with Crippen molar-refractivity contribution in [3.05, 3.63) is 64.4 Å². The van der Waals surface area contributed by atoms with Crippen LogP contribution in [0.25, 0.3) is 11.0 Å². The second kappa shape index (κ2) is 8.30. The first-order valence-electron chi connectivity index (χ1n) is 8.62. The number of rotatable bonds is 7. The molecule has 0 bridgehead atoms. The third-order valence-electron chi connectivity index (χ3n) is 4.21. The number of amides is 1. The highest BCUT2D eigenvalue weighted by atomic mass is 79.9. The molecule has 0 aliphatic heterocycles. The number of halogens is 1. The van der Waals surface area contributed by atoms with Gasteiger partial charge in [0.1, 0.15) is 5.82 Å². The van der Waals surface area contributed by atoms with E-state index in [1.165, 1.54) is 5.56 Å². The van der Waals surface area contributed by atoms with E-state index in [-0.39, 0.29) is 5.91 Å². The minimum absolute atomic E-state index is 0.100. The molecule has 0 atom stereocenters. The van der Waals surface area contributed by atoms with Crippen LogP contribution in [-0.4, -0.2) is 22.0 Å². The number of nitrogens with one attached hydrogen (secondary N) is 1. The monoisotopic (exact) mass is 399 g/mol. The van der Waals surface area contributed by atoms with Crippen LogP contribution >= 0.6 is 15.9 Å². The topological polar surface area (TPSA) is 46.9 Å². The summed E-state index contributed by atoms with van der Waals surface area (Å²) in [5.74, 6) is 1.17. The molecule has 0 spiro atoms. The number of nitrogens with zero attached hydrogens (tertiary/aromatic N) is 2. The maximum Gasteiger partial charge on any atom is 0.219 e. The number of hydrogen-bond donors (Lipinski definition) is 1. The Labute approximate surface area is 156 Å². The van der Waals surface area contributed by atoms with Gasteiger partial charge in [-0.05, 0) is 36.2 Å². The maximum absolute atomic E-state index is 11.4. The van der Waals surface area contributed by atoms with Gasteiger partial charge in [0.2, 0.25) is 5.91 Å². The number of para-hydroxylation sites is 2. The average Bonchev–Trinajstić information content (AvgIpc) is 2.98. The molecule has 0 aliphatic rings. The molecule has 3 aromatic rings. The number of aromatic nitrogens is 2. The number of carbonyl (C=O) groups excluding carboxylic acids is 1. The van der Waals surface area contributed by atoms with Crippen molar-refractivity contribution in [1.82, 2.24) is 14.9 Å². The van der Waals surface area contributed by atoms with Gasteiger partial charge in [-0.25, -0.2) is 4.98 Å². The quantitative estimate of drug-likeness (QED) is 0.601. The van der Waals surface area contributed by atoms with E-state index in [1.807, 2.05) is 19.1 Å². The van der Waals surface area contributed by atoms with Crippen LogP contribution in [0.15, 0.2) is 53.0 Å². The Morgan fingerprint density at radius 2 is 1.92 bits per heavy atom. The number of carbonyl (C=O) groups is 1. The van der Waals surface area contributed by atoms with Crippen LogP contribution in [0.3, 0.4) is 0 Å². The van der Waals surface area contributed by atoms with Crippen molar-refractivity contribution >= 4 is 32.9 Å². The molecule has 130 valence electrons. The molecule has 1 heterocycles. The molecule has 1 amide bonds. The molecule has 1 N–H and O–H groups in total. The molecule has 1 aromatic heterocycles. The smallest absolute Gasteiger partial charge is 0.219 e. The van der Waals surface area contributed by atoms with Crippen LogP contribution in [0.2, 0.25) is 0 Å². The van der Waals surface area contributed by atoms with E-state index in [0.29, 0.717) is 13.0 Å². The first-order chi connectivity index (χ1) is 12.2. The van der Waals surface area contributed by atoms with Gasteiger partial charge in [0.15, 0.2) is 0 Å². The third-order valence-corrected chi connectivity index (χ3v) is 4.74. The summed E-state index contributed by atoms with van der Waals surface area (Å²) in [5, 5.41) is 2.93. The van der Waals surface area contributed by atoms with Crippen molar-refractivity contribution in [2.75, 3.05) is 6.54 Å². The van der Waals surface area contributed by atoms with Gasteiger partial charge < -0.3 is 9.88 Å². The summed E-state index contributed by atoms with van der Waals surface area (Å²) in [5.41, 5.74) is 3.41. The number of imidazole rings is 1. The third kappa shape index (κ3) is 4.48. The predicted octanol–water partition coefficient (Wildman–Crippen LogP) is 4.31. The standard InChI is InChI=1S/C20H22BrN3O/c1-2-20(25)22-13-5-8-19-23-17-6-3-4-7-18(17)24(19)14-15-9-11-16(21)12-10-15/h3-4,6-7,9-12H,2,5,8,13-14H2,1H3,(H,22,25). The minimum atomic E-state index is 0.100. The number of fused-ring (bicyclic) bond motifs is 1. The molecular formula is C20H22BrN3O. The molecule has 0 saturated carbocycles. The Balaban J connectivity index is 1.79. The van der Waals surface area contributed by atoms with Crippen molar-refractivity contribution in [2.24, 2.45) is 0 Å². The predicted molar refractivity (Wildman–Crippen MR) is 105 cm³/mol. The zero-order valence-corrected chi connectivity index (χ0v) is 15.9. The van der Waals surface area contributed by atoms with E-state index < -0.39 is 0 Å². The van der Waals surface area contributed by atoms with E-state index in [2.05, 4.69) is 62.2 Å². The normalized spacial score (nSPS) is 11.0. The van der Waals surface area contributed by atoms with Gasteiger partial charge in [-0.1, -0.05) is 47.1 Å². The summed E-state index contributed by atoms with van der Waals surface area (Å²) in [6.45, 7) is 3.35. The summed E-state index contributed by atoms with van der Waals surface area (Å²) in [7, 11) is 0. The molecule has 25 heavy (non-hydrogen) atoms. The number of hydrogen-bond acceptors (Lipinski definition) is 2. The fourth-order valence-corrected chi connectivity index (χ4v) is 3.13. The lowest BCUT2D eigenvalue weighted by atomic mass is 10.2. The lowest BCUT2D eigenvalue weighted by molar-refractivity contribution is -0.120. The summed E-state index contributed by atoms with van der Waals surface area (Å²) in [6, 6.07) is 16.6. The molecular weight excluding hydrogens is 378 g/mol. The van der Waals surface area contributed by atoms with Gasteiger partial charge in [0.25, 0.3) is 0 Å². The fourth-order valence-electron chi connectivity index (χ4n) is 2.86. The highest BCUT2D eigenvalue weighted by Gasteiger charge is 2.11. The SMILES string of the molecule is CCC(=O)NCCCc1nc2ccccc2n1Cc1ccc(Br)cc1. The van der Waals surface area contributed by atoms with Crippen molar-refractivity contribution in [2.45, 2.75) is 32.7 Å². The van der Waals surface area contributed by atoms with Crippen LogP contribution in [0.1, 0.15) is 31.2 Å². The Morgan fingerprint density at radius 3 is 2.68 bits per heavy atom. The van der Waals surface area contributed by atoms with Crippen molar-refractivity contribution in [1.29, 1.82) is 0 Å². The van der Waals surface area contributed by atoms with Crippen molar-refractivity contribution in [3.8, 4) is 0 Å². The Bertz CT molecular complexity index is 855. The summed E-state index contributed by atoms with van der Waals surface area (Å²) in [4.78, 5) is 16.2. The Morgan fingerprint density at radius 1 is 1.16 bits per heavy atom. The van der Waals surface area contributed by atoms with Crippen molar-refractivity contribution in [3.63, 3.8) is 0 Å². The molecule has 0 saturated heterocycles. The largest absolute Gasteiger partial charge is 0.356 e. The van der Waals surface area contributed by atoms with Gasteiger partial charge in [0, 0.05) is 30.4 Å². The van der Waals surface area contributed by atoms with Gasteiger partial charge in [-0.3, -0.25) is 4.79 Å². The van der Waals surface area contributed by atoms with Crippen molar-refractivity contribution < 1.29 is 4.79 Å². The molecule has 3 rings (SSSR count). The number of benzene rings is 2. The molecule has 0 radical (unpaired) electrons.